The highest BCUT2D eigenvalue weighted by Crippen LogP contribution is 2.34. The molecule has 184 valence electrons. The van der Waals surface area contributed by atoms with Crippen molar-refractivity contribution < 1.29 is 9.53 Å². The molecule has 1 N–H and O–H groups in total. The molecule has 0 saturated heterocycles. The average Bonchev–Trinajstić information content (AvgIpc) is 2.89. The van der Waals surface area contributed by atoms with Crippen molar-refractivity contribution in [2.75, 3.05) is 5.32 Å². The third-order valence-electron chi connectivity index (χ3n) is 5.63. The van der Waals surface area contributed by atoms with Crippen LogP contribution >= 0.6 is 39.1 Å². The van der Waals surface area contributed by atoms with Gasteiger partial charge in [-0.2, -0.15) is 5.26 Å². The minimum Gasteiger partial charge on any atom is -0.487 e. The maximum absolute atomic E-state index is 12.8. The Hall–Kier alpha value is -3.56. The molecule has 0 saturated carbocycles. The van der Waals surface area contributed by atoms with Gasteiger partial charge >= 0.3 is 0 Å². The molecule has 4 aromatic rings. The van der Waals surface area contributed by atoms with Gasteiger partial charge in [0, 0.05) is 0 Å². The second kappa shape index (κ2) is 12.1. The molecule has 4 rings (SSSR count). The molecular weight excluding hydrogens is 571 g/mol. The number of hydrogen-bond acceptors (Lipinski definition) is 3. The summed E-state index contributed by atoms with van der Waals surface area (Å²) in [5, 5.41) is 15.1. The highest BCUT2D eigenvalue weighted by Gasteiger charge is 2.15. The summed E-state index contributed by atoms with van der Waals surface area (Å²) in [7, 11) is 0. The molecule has 0 aliphatic heterocycles. The number of nitrogens with one attached hydrogen (secondary N) is 1. The molecule has 1 amide bonds. The molecule has 0 heterocycles. The van der Waals surface area contributed by atoms with Crippen LogP contribution in [0.15, 0.2) is 95.5 Å². The smallest absolute Gasteiger partial charge is 0.266 e. The van der Waals surface area contributed by atoms with Crippen LogP contribution in [0, 0.1) is 11.3 Å². The van der Waals surface area contributed by atoms with Crippen molar-refractivity contribution in [1.82, 2.24) is 0 Å². The highest BCUT2D eigenvalue weighted by atomic mass is 79.9. The van der Waals surface area contributed by atoms with Gasteiger partial charge in [-0.05, 0) is 80.2 Å². The van der Waals surface area contributed by atoms with E-state index >= 15 is 0 Å². The lowest BCUT2D eigenvalue weighted by Gasteiger charge is -2.15. The number of hydrogen-bond donors (Lipinski definition) is 1. The van der Waals surface area contributed by atoms with Gasteiger partial charge < -0.3 is 10.1 Å². The maximum atomic E-state index is 12.8. The molecule has 0 spiro atoms. The highest BCUT2D eigenvalue weighted by molar-refractivity contribution is 9.10. The van der Waals surface area contributed by atoms with Crippen molar-refractivity contribution in [1.29, 1.82) is 5.26 Å². The Bertz CT molecular complexity index is 1570. The zero-order valence-corrected chi connectivity index (χ0v) is 22.7. The van der Waals surface area contributed by atoms with E-state index in [0.29, 0.717) is 39.5 Å². The first-order valence-electron chi connectivity index (χ1n) is 11.3. The average molecular weight is 592 g/mol. The van der Waals surface area contributed by atoms with Crippen LogP contribution in [0.1, 0.15) is 16.7 Å². The number of ether oxygens (including phenoxy) is 1. The Balaban J connectivity index is 1.61. The molecule has 4 aromatic carbocycles. The van der Waals surface area contributed by atoms with E-state index in [9.17, 15) is 10.1 Å². The zero-order valence-electron chi connectivity index (χ0n) is 19.6. The second-order valence-corrected chi connectivity index (χ2v) is 9.78. The van der Waals surface area contributed by atoms with Gasteiger partial charge in [-0.3, -0.25) is 4.79 Å². The second-order valence-electron chi connectivity index (χ2n) is 8.14. The molecule has 0 atom stereocenters. The standard InChI is InChI=1S/C30H21BrCl2N2O2/c1-2-7-21-14-19(15-23(17-34)30(36)35-27-13-6-12-26(32)28(27)33)16-25(31)29(21)37-18-22-10-5-9-20-8-3-4-11-24(20)22/h2-6,8-16H,1,7,18H2,(H,35,36)/b23-15-. The van der Waals surface area contributed by atoms with Crippen LogP contribution in [0.5, 0.6) is 5.75 Å². The largest absolute Gasteiger partial charge is 0.487 e. The van der Waals surface area contributed by atoms with Crippen LogP contribution in [-0.2, 0) is 17.8 Å². The van der Waals surface area contributed by atoms with Gasteiger partial charge in [0.2, 0.25) is 0 Å². The Morgan fingerprint density at radius 2 is 1.81 bits per heavy atom. The topological polar surface area (TPSA) is 62.1 Å². The normalized spacial score (nSPS) is 11.1. The third kappa shape index (κ3) is 6.23. The molecule has 0 bridgehead atoms. The molecule has 0 unspecified atom stereocenters. The van der Waals surface area contributed by atoms with E-state index in [-0.39, 0.29) is 10.6 Å². The van der Waals surface area contributed by atoms with E-state index in [1.165, 1.54) is 6.08 Å². The first-order chi connectivity index (χ1) is 17.9. The van der Waals surface area contributed by atoms with Gasteiger partial charge in [0.05, 0.1) is 20.2 Å². The first kappa shape index (κ1) is 26.5. The Morgan fingerprint density at radius 3 is 2.59 bits per heavy atom. The maximum Gasteiger partial charge on any atom is 0.266 e. The fraction of sp³-hybridized carbons (Fsp3) is 0.0667. The molecule has 0 radical (unpaired) electrons. The van der Waals surface area contributed by atoms with Gasteiger partial charge in [0.15, 0.2) is 0 Å². The summed E-state index contributed by atoms with van der Waals surface area (Å²) >= 11 is 15.8. The molecule has 0 aromatic heterocycles. The predicted octanol–water partition coefficient (Wildman–Crippen LogP) is 8.76. The number of benzene rings is 4. The minimum atomic E-state index is -0.593. The van der Waals surface area contributed by atoms with Crippen molar-refractivity contribution >= 4 is 67.6 Å². The fourth-order valence-electron chi connectivity index (χ4n) is 3.90. The quantitative estimate of drug-likeness (QED) is 0.126. The molecule has 0 aliphatic carbocycles. The number of carbonyl (C=O) groups excluding carboxylic acids is 1. The van der Waals surface area contributed by atoms with Gasteiger partial charge in [0.1, 0.15) is 24.0 Å². The van der Waals surface area contributed by atoms with Gasteiger partial charge in [-0.25, -0.2) is 0 Å². The number of fused-ring (bicyclic) bond motifs is 1. The van der Waals surface area contributed by atoms with Crippen LogP contribution in [0.3, 0.4) is 0 Å². The van der Waals surface area contributed by atoms with E-state index in [1.807, 2.05) is 42.5 Å². The van der Waals surface area contributed by atoms with Crippen LogP contribution in [-0.4, -0.2) is 5.91 Å². The van der Waals surface area contributed by atoms with E-state index in [0.717, 1.165) is 21.9 Å². The van der Waals surface area contributed by atoms with E-state index in [2.05, 4.69) is 46.0 Å². The number of allylic oxidation sites excluding steroid dienone is 1. The molecule has 37 heavy (non-hydrogen) atoms. The number of rotatable bonds is 8. The number of carbonyl (C=O) groups is 1. The van der Waals surface area contributed by atoms with Crippen LogP contribution in [0.2, 0.25) is 10.0 Å². The Morgan fingerprint density at radius 1 is 1.05 bits per heavy atom. The number of amides is 1. The van der Waals surface area contributed by atoms with Crippen molar-refractivity contribution in [3.63, 3.8) is 0 Å². The van der Waals surface area contributed by atoms with E-state index in [1.54, 1.807) is 24.3 Å². The summed E-state index contributed by atoms with van der Waals surface area (Å²) in [6, 6.07) is 24.8. The number of nitrogens with zero attached hydrogens (tertiary/aromatic N) is 1. The fourth-order valence-corrected chi connectivity index (χ4v) is 4.88. The summed E-state index contributed by atoms with van der Waals surface area (Å²) in [5.41, 5.74) is 2.83. The third-order valence-corrected chi connectivity index (χ3v) is 7.04. The summed E-state index contributed by atoms with van der Waals surface area (Å²) in [6.07, 6.45) is 3.83. The molecule has 4 nitrogen and oxygen atoms in total. The molecular formula is C30H21BrCl2N2O2. The van der Waals surface area contributed by atoms with Gasteiger partial charge in [0.25, 0.3) is 5.91 Å². The van der Waals surface area contributed by atoms with Crippen molar-refractivity contribution in [2.45, 2.75) is 13.0 Å². The molecule has 7 heteroatoms. The summed E-state index contributed by atoms with van der Waals surface area (Å²) < 4.78 is 6.97. The summed E-state index contributed by atoms with van der Waals surface area (Å²) in [4.78, 5) is 12.8. The molecule has 0 fully saturated rings. The lowest BCUT2D eigenvalue weighted by atomic mass is 10.0. The predicted molar refractivity (Wildman–Crippen MR) is 155 cm³/mol. The lowest BCUT2D eigenvalue weighted by molar-refractivity contribution is -0.112. The Labute approximate surface area is 233 Å². The monoisotopic (exact) mass is 590 g/mol. The van der Waals surface area contributed by atoms with Crippen molar-refractivity contribution in [3.05, 3.63) is 122 Å². The van der Waals surface area contributed by atoms with Gasteiger partial charge in [-0.15, -0.1) is 6.58 Å². The number of anilines is 1. The first-order valence-corrected chi connectivity index (χ1v) is 12.9. The van der Waals surface area contributed by atoms with Crippen LogP contribution in [0.25, 0.3) is 16.8 Å². The van der Waals surface area contributed by atoms with Crippen LogP contribution < -0.4 is 10.1 Å². The number of halogens is 3. The van der Waals surface area contributed by atoms with E-state index in [4.69, 9.17) is 27.9 Å². The summed E-state index contributed by atoms with van der Waals surface area (Å²) in [5.74, 6) is 0.0861. The summed E-state index contributed by atoms with van der Waals surface area (Å²) in [6.45, 7) is 4.24. The lowest BCUT2D eigenvalue weighted by Crippen LogP contribution is -2.13. The van der Waals surface area contributed by atoms with E-state index < -0.39 is 5.91 Å². The number of nitriles is 1. The van der Waals surface area contributed by atoms with Crippen molar-refractivity contribution in [2.24, 2.45) is 0 Å². The minimum absolute atomic E-state index is 0.0862. The molecule has 0 aliphatic rings. The Kier molecular flexibility index (Phi) is 8.68. The SMILES string of the molecule is C=CCc1cc(/C=C(/C#N)C(=O)Nc2cccc(Cl)c2Cl)cc(Br)c1OCc1cccc2ccccc12. The van der Waals surface area contributed by atoms with Gasteiger partial charge in [-0.1, -0.05) is 77.8 Å². The van der Waals surface area contributed by atoms with Crippen molar-refractivity contribution in [3.8, 4) is 11.8 Å². The zero-order chi connectivity index (χ0) is 26.4. The van der Waals surface area contributed by atoms with Crippen LogP contribution in [0.4, 0.5) is 5.69 Å².